The van der Waals surface area contributed by atoms with E-state index in [1.165, 1.54) is 6.92 Å². The van der Waals surface area contributed by atoms with Crippen LogP contribution in [0.5, 0.6) is 0 Å². The molecule has 20 heavy (non-hydrogen) atoms. The summed E-state index contributed by atoms with van der Waals surface area (Å²) >= 11 is 5.79. The van der Waals surface area contributed by atoms with Crippen LogP contribution in [-0.4, -0.2) is 32.3 Å². The first-order chi connectivity index (χ1) is 9.58. The van der Waals surface area contributed by atoms with Crippen molar-refractivity contribution in [2.75, 3.05) is 0 Å². The van der Waals surface area contributed by atoms with Gasteiger partial charge in [0.1, 0.15) is 6.07 Å². The van der Waals surface area contributed by atoms with Gasteiger partial charge in [-0.2, -0.15) is 10.1 Å². The third-order valence-electron chi connectivity index (χ3n) is 2.32. The van der Waals surface area contributed by atoms with Crippen molar-refractivity contribution >= 4 is 17.6 Å². The van der Waals surface area contributed by atoms with Gasteiger partial charge < -0.3 is 4.74 Å². The quantitative estimate of drug-likeness (QED) is 0.791. The third-order valence-corrected chi connectivity index (χ3v) is 2.57. The first kappa shape index (κ1) is 14.0. The zero-order chi connectivity index (χ0) is 14.5. The number of carbonyl (C=O) groups excluding carboxylic acids is 1. The van der Waals surface area contributed by atoms with Gasteiger partial charge in [-0.15, -0.1) is 10.2 Å². The van der Waals surface area contributed by atoms with Gasteiger partial charge in [0.2, 0.25) is 5.82 Å². The largest absolute Gasteiger partial charge is 0.446 e. The van der Waals surface area contributed by atoms with Gasteiger partial charge in [-0.05, 0) is 36.4 Å². The molecule has 7 nitrogen and oxygen atoms in total. The summed E-state index contributed by atoms with van der Waals surface area (Å²) in [6.07, 6.45) is -0.804. The summed E-state index contributed by atoms with van der Waals surface area (Å²) in [5.74, 6) is -0.220. The molecule has 0 saturated heterocycles. The number of nitriles is 1. The molecule has 0 aliphatic heterocycles. The lowest BCUT2D eigenvalue weighted by molar-refractivity contribution is -0.147. The number of carbonyl (C=O) groups is 1. The Balaban J connectivity index is 2.04. The minimum atomic E-state index is -0.804. The predicted molar refractivity (Wildman–Crippen MR) is 69.4 cm³/mol. The van der Waals surface area contributed by atoms with E-state index in [1.807, 2.05) is 0 Å². The lowest BCUT2D eigenvalue weighted by Gasteiger charge is -2.04. The van der Waals surface area contributed by atoms with Crippen molar-refractivity contribution < 1.29 is 9.53 Å². The summed E-state index contributed by atoms with van der Waals surface area (Å²) in [6, 6.07) is 8.71. The molecule has 0 aliphatic carbocycles. The molecule has 102 valence electrons. The predicted octanol–water partition coefficient (Wildman–Crippen LogP) is 1.45. The van der Waals surface area contributed by atoms with Crippen LogP contribution in [0.4, 0.5) is 0 Å². The normalized spacial score (nSPS) is 11.7. The number of nitrogens with zero attached hydrogens (tertiary/aromatic N) is 5. The van der Waals surface area contributed by atoms with E-state index in [2.05, 4.69) is 15.4 Å². The maximum Gasteiger partial charge on any atom is 0.331 e. The highest BCUT2D eigenvalue weighted by atomic mass is 35.5. The number of esters is 1. The van der Waals surface area contributed by atoms with Gasteiger partial charge in [-0.1, -0.05) is 11.6 Å². The summed E-state index contributed by atoms with van der Waals surface area (Å²) in [5, 5.41) is 20.8. The standard InChI is InChI=1S/C12H10ClN5O2/c1-8(6-14)20-11(19)7-18-16-12(15-17-18)9-2-4-10(13)5-3-9/h2-5,8H,7H2,1H3/t8-/m0/s1. The van der Waals surface area contributed by atoms with Crippen LogP contribution in [0.15, 0.2) is 24.3 Å². The Morgan fingerprint density at radius 2 is 2.20 bits per heavy atom. The summed E-state index contributed by atoms with van der Waals surface area (Å²) in [7, 11) is 0. The highest BCUT2D eigenvalue weighted by molar-refractivity contribution is 6.30. The first-order valence-electron chi connectivity index (χ1n) is 5.71. The number of ether oxygens (including phenoxy) is 1. The number of rotatable bonds is 4. The monoisotopic (exact) mass is 291 g/mol. The molecule has 0 radical (unpaired) electrons. The Bertz CT molecular complexity index is 647. The summed E-state index contributed by atoms with van der Waals surface area (Å²) < 4.78 is 4.79. The van der Waals surface area contributed by atoms with E-state index >= 15 is 0 Å². The van der Waals surface area contributed by atoms with Gasteiger partial charge in [-0.3, -0.25) is 0 Å². The molecule has 0 bridgehead atoms. The van der Waals surface area contributed by atoms with Crippen molar-refractivity contribution in [1.29, 1.82) is 5.26 Å². The van der Waals surface area contributed by atoms with Crippen LogP contribution >= 0.6 is 11.6 Å². The van der Waals surface area contributed by atoms with Gasteiger partial charge in [0.15, 0.2) is 12.6 Å². The number of hydrogen-bond acceptors (Lipinski definition) is 6. The molecule has 2 rings (SSSR count). The van der Waals surface area contributed by atoms with Gasteiger partial charge >= 0.3 is 5.97 Å². The molecule has 0 fully saturated rings. The van der Waals surface area contributed by atoms with Gasteiger partial charge in [0.25, 0.3) is 0 Å². The van der Waals surface area contributed by atoms with Gasteiger partial charge in [-0.25, -0.2) is 4.79 Å². The zero-order valence-electron chi connectivity index (χ0n) is 10.5. The molecule has 0 amide bonds. The second kappa shape index (κ2) is 6.12. The first-order valence-corrected chi connectivity index (χ1v) is 6.09. The van der Waals surface area contributed by atoms with E-state index < -0.39 is 12.1 Å². The van der Waals surface area contributed by atoms with E-state index in [-0.39, 0.29) is 6.54 Å². The van der Waals surface area contributed by atoms with Crippen LogP contribution in [0, 0.1) is 11.3 Å². The highest BCUT2D eigenvalue weighted by Gasteiger charge is 2.12. The highest BCUT2D eigenvalue weighted by Crippen LogP contribution is 2.16. The molecule has 1 aromatic carbocycles. The second-order valence-corrected chi connectivity index (χ2v) is 4.35. The molecule has 1 aromatic heterocycles. The van der Waals surface area contributed by atoms with Crippen LogP contribution in [-0.2, 0) is 16.1 Å². The Morgan fingerprint density at radius 1 is 1.50 bits per heavy atom. The number of halogens is 1. The Morgan fingerprint density at radius 3 is 2.85 bits per heavy atom. The minimum Gasteiger partial charge on any atom is -0.446 e. The Hall–Kier alpha value is -2.46. The van der Waals surface area contributed by atoms with Crippen LogP contribution in [0.1, 0.15) is 6.92 Å². The van der Waals surface area contributed by atoms with Crippen LogP contribution < -0.4 is 0 Å². The van der Waals surface area contributed by atoms with Crippen molar-refractivity contribution in [3.63, 3.8) is 0 Å². The molecular weight excluding hydrogens is 282 g/mol. The van der Waals surface area contributed by atoms with Gasteiger partial charge in [0, 0.05) is 10.6 Å². The molecule has 8 heteroatoms. The number of aromatic nitrogens is 4. The summed E-state index contributed by atoms with van der Waals surface area (Å²) in [6.45, 7) is 1.28. The van der Waals surface area contributed by atoms with Crippen LogP contribution in [0.2, 0.25) is 5.02 Å². The SMILES string of the molecule is C[C@@H](C#N)OC(=O)Cn1nnc(-c2ccc(Cl)cc2)n1. The second-order valence-electron chi connectivity index (χ2n) is 3.91. The fourth-order valence-corrected chi connectivity index (χ4v) is 1.53. The minimum absolute atomic E-state index is 0.202. The zero-order valence-corrected chi connectivity index (χ0v) is 11.3. The molecule has 0 unspecified atom stereocenters. The number of tetrazole rings is 1. The lowest BCUT2D eigenvalue weighted by Crippen LogP contribution is -2.19. The van der Waals surface area contributed by atoms with Crippen molar-refractivity contribution in [2.24, 2.45) is 0 Å². The Kier molecular flexibility index (Phi) is 4.27. The van der Waals surface area contributed by atoms with E-state index in [1.54, 1.807) is 30.3 Å². The maximum atomic E-state index is 11.5. The van der Waals surface area contributed by atoms with Crippen molar-refractivity contribution in [3.8, 4) is 17.5 Å². The topological polar surface area (TPSA) is 93.7 Å². The van der Waals surface area contributed by atoms with Crippen LogP contribution in [0.3, 0.4) is 0 Å². The fraction of sp³-hybridized carbons (Fsp3) is 0.250. The van der Waals surface area contributed by atoms with Crippen LogP contribution in [0.25, 0.3) is 11.4 Å². The number of benzene rings is 1. The molecule has 2 aromatic rings. The van der Waals surface area contributed by atoms with Crippen molar-refractivity contribution in [3.05, 3.63) is 29.3 Å². The van der Waals surface area contributed by atoms with Crippen molar-refractivity contribution in [2.45, 2.75) is 19.6 Å². The van der Waals surface area contributed by atoms with E-state index in [4.69, 9.17) is 21.6 Å². The molecular formula is C12H10ClN5O2. The van der Waals surface area contributed by atoms with E-state index in [0.29, 0.717) is 10.8 Å². The molecule has 0 N–H and O–H groups in total. The average molecular weight is 292 g/mol. The molecule has 0 spiro atoms. The summed E-state index contributed by atoms with van der Waals surface area (Å²) in [4.78, 5) is 12.6. The van der Waals surface area contributed by atoms with E-state index in [0.717, 1.165) is 10.4 Å². The molecule has 1 heterocycles. The van der Waals surface area contributed by atoms with E-state index in [9.17, 15) is 4.79 Å². The fourth-order valence-electron chi connectivity index (χ4n) is 1.40. The molecule has 0 saturated carbocycles. The maximum absolute atomic E-state index is 11.5. The third kappa shape index (κ3) is 3.52. The average Bonchev–Trinajstić information content (AvgIpc) is 2.87. The van der Waals surface area contributed by atoms with Gasteiger partial charge in [0.05, 0.1) is 0 Å². The summed E-state index contributed by atoms with van der Waals surface area (Å²) in [5.41, 5.74) is 0.736. The lowest BCUT2D eigenvalue weighted by atomic mass is 10.2. The van der Waals surface area contributed by atoms with Crippen molar-refractivity contribution in [1.82, 2.24) is 20.2 Å². The molecule has 1 atom stereocenters. The number of hydrogen-bond donors (Lipinski definition) is 0. The Labute approximate surface area is 119 Å². The molecule has 0 aliphatic rings. The smallest absolute Gasteiger partial charge is 0.331 e.